The van der Waals surface area contributed by atoms with Gasteiger partial charge in [-0.05, 0) is 31.0 Å². The van der Waals surface area contributed by atoms with Crippen LogP contribution < -0.4 is 5.32 Å². The van der Waals surface area contributed by atoms with Gasteiger partial charge in [-0.3, -0.25) is 0 Å². The molecule has 1 aromatic carbocycles. The lowest BCUT2D eigenvalue weighted by Crippen LogP contribution is -2.14. The van der Waals surface area contributed by atoms with Crippen LogP contribution in [0.1, 0.15) is 18.6 Å². The summed E-state index contributed by atoms with van der Waals surface area (Å²) in [6.07, 6.45) is 2.30. The molecule has 0 atom stereocenters. The number of hydrogen-bond donors (Lipinski definition) is 1. The Labute approximate surface area is 108 Å². The third-order valence-electron chi connectivity index (χ3n) is 3.06. The highest BCUT2D eigenvalue weighted by atomic mass is 19.2. The van der Waals surface area contributed by atoms with E-state index in [-0.39, 0.29) is 11.3 Å². The molecule has 0 radical (unpaired) electrons. The Balaban J connectivity index is 1.85. The van der Waals surface area contributed by atoms with Crippen molar-refractivity contribution in [3.8, 4) is 11.3 Å². The van der Waals surface area contributed by atoms with E-state index >= 15 is 0 Å². The average Bonchev–Trinajstić information content (AvgIpc) is 3.09. The molecule has 1 aliphatic carbocycles. The van der Waals surface area contributed by atoms with Crippen molar-refractivity contribution in [2.75, 3.05) is 0 Å². The minimum absolute atomic E-state index is 0.128. The van der Waals surface area contributed by atoms with E-state index in [0.29, 0.717) is 24.4 Å². The van der Waals surface area contributed by atoms with Crippen LogP contribution in [0.15, 0.2) is 28.7 Å². The normalized spacial score (nSPS) is 14.9. The third-order valence-corrected chi connectivity index (χ3v) is 3.06. The molecule has 100 valence electrons. The zero-order chi connectivity index (χ0) is 13.4. The molecule has 5 heteroatoms. The fourth-order valence-corrected chi connectivity index (χ4v) is 1.89. The molecule has 0 spiro atoms. The molecular weight excluding hydrogens is 255 g/mol. The molecule has 1 aliphatic rings. The third kappa shape index (κ3) is 2.66. The van der Waals surface area contributed by atoms with Gasteiger partial charge in [-0.1, -0.05) is 0 Å². The summed E-state index contributed by atoms with van der Waals surface area (Å²) in [6, 6.07) is 5.15. The van der Waals surface area contributed by atoms with Gasteiger partial charge < -0.3 is 9.73 Å². The van der Waals surface area contributed by atoms with Gasteiger partial charge in [0.25, 0.3) is 0 Å². The number of furan rings is 1. The van der Waals surface area contributed by atoms with Crippen LogP contribution in [0.2, 0.25) is 0 Å². The zero-order valence-corrected chi connectivity index (χ0v) is 10.1. The van der Waals surface area contributed by atoms with Crippen molar-refractivity contribution in [1.29, 1.82) is 0 Å². The van der Waals surface area contributed by atoms with Crippen molar-refractivity contribution >= 4 is 0 Å². The Morgan fingerprint density at radius 2 is 1.95 bits per heavy atom. The van der Waals surface area contributed by atoms with Crippen LogP contribution in [-0.4, -0.2) is 6.04 Å². The molecule has 2 aromatic rings. The molecule has 19 heavy (non-hydrogen) atoms. The lowest BCUT2D eigenvalue weighted by Gasteiger charge is -2.02. The monoisotopic (exact) mass is 267 g/mol. The first-order valence-electron chi connectivity index (χ1n) is 6.10. The average molecular weight is 267 g/mol. The van der Waals surface area contributed by atoms with Crippen LogP contribution in [0.4, 0.5) is 13.2 Å². The lowest BCUT2D eigenvalue weighted by molar-refractivity contribution is 0.474. The molecule has 1 aromatic heterocycles. The summed E-state index contributed by atoms with van der Waals surface area (Å²) in [7, 11) is 0. The van der Waals surface area contributed by atoms with E-state index < -0.39 is 17.5 Å². The number of halogens is 3. The van der Waals surface area contributed by atoms with Gasteiger partial charge >= 0.3 is 0 Å². The Hall–Kier alpha value is -1.75. The highest BCUT2D eigenvalue weighted by molar-refractivity contribution is 5.58. The predicted octanol–water partition coefficient (Wildman–Crippen LogP) is 3.62. The number of hydrogen-bond acceptors (Lipinski definition) is 2. The van der Waals surface area contributed by atoms with E-state index in [2.05, 4.69) is 5.32 Å². The van der Waals surface area contributed by atoms with E-state index in [0.717, 1.165) is 18.9 Å². The Bertz CT molecular complexity index is 605. The van der Waals surface area contributed by atoms with Crippen LogP contribution in [0.25, 0.3) is 11.3 Å². The maximum atomic E-state index is 13.6. The van der Waals surface area contributed by atoms with Gasteiger partial charge in [-0.2, -0.15) is 0 Å². The SMILES string of the molecule is Fc1cc(F)c(F)c(-c2ccc(CNC3CC3)o2)c1. The van der Waals surface area contributed by atoms with Gasteiger partial charge in [0.1, 0.15) is 17.3 Å². The van der Waals surface area contributed by atoms with E-state index in [1.807, 2.05) is 0 Å². The molecule has 1 heterocycles. The van der Waals surface area contributed by atoms with Gasteiger partial charge in [0, 0.05) is 12.1 Å². The van der Waals surface area contributed by atoms with Crippen molar-refractivity contribution in [2.45, 2.75) is 25.4 Å². The first-order valence-corrected chi connectivity index (χ1v) is 6.10. The van der Waals surface area contributed by atoms with E-state index in [4.69, 9.17) is 4.42 Å². The maximum absolute atomic E-state index is 13.6. The molecule has 2 nitrogen and oxygen atoms in total. The smallest absolute Gasteiger partial charge is 0.169 e. The van der Waals surface area contributed by atoms with Gasteiger partial charge in [0.05, 0.1) is 12.1 Å². The predicted molar refractivity (Wildman–Crippen MR) is 63.9 cm³/mol. The van der Waals surface area contributed by atoms with Crippen molar-refractivity contribution in [3.05, 3.63) is 47.5 Å². The highest BCUT2D eigenvalue weighted by Crippen LogP contribution is 2.28. The molecule has 1 saturated carbocycles. The summed E-state index contributed by atoms with van der Waals surface area (Å²) >= 11 is 0. The number of rotatable bonds is 4. The number of nitrogens with one attached hydrogen (secondary N) is 1. The second-order valence-corrected chi connectivity index (χ2v) is 4.67. The molecule has 0 unspecified atom stereocenters. The molecule has 0 amide bonds. The summed E-state index contributed by atoms with van der Waals surface area (Å²) in [4.78, 5) is 0. The summed E-state index contributed by atoms with van der Waals surface area (Å²) in [5, 5.41) is 3.24. The quantitative estimate of drug-likeness (QED) is 0.856. The number of benzene rings is 1. The summed E-state index contributed by atoms with van der Waals surface area (Å²) < 4.78 is 45.2. The Morgan fingerprint density at radius 3 is 2.68 bits per heavy atom. The van der Waals surface area contributed by atoms with Crippen LogP contribution in [-0.2, 0) is 6.54 Å². The molecule has 1 fully saturated rings. The Morgan fingerprint density at radius 1 is 1.16 bits per heavy atom. The molecule has 0 bridgehead atoms. The van der Waals surface area contributed by atoms with Crippen LogP contribution in [0.5, 0.6) is 0 Å². The first kappa shape index (κ1) is 12.3. The minimum Gasteiger partial charge on any atom is -0.460 e. The van der Waals surface area contributed by atoms with Crippen LogP contribution >= 0.6 is 0 Å². The van der Waals surface area contributed by atoms with Crippen molar-refractivity contribution in [1.82, 2.24) is 5.32 Å². The van der Waals surface area contributed by atoms with Crippen LogP contribution in [0, 0.1) is 17.5 Å². The maximum Gasteiger partial charge on any atom is 0.169 e. The second kappa shape index (κ2) is 4.74. The van der Waals surface area contributed by atoms with Gasteiger partial charge in [-0.15, -0.1) is 0 Å². The standard InChI is InChI=1S/C14H12F3NO/c15-8-5-11(14(17)12(16)6-8)13-4-3-10(19-13)7-18-9-1-2-9/h3-6,9,18H,1-2,7H2. The topological polar surface area (TPSA) is 25.2 Å². The molecular formula is C14H12F3NO. The van der Waals surface area contributed by atoms with Gasteiger partial charge in [-0.25, -0.2) is 13.2 Å². The summed E-state index contributed by atoms with van der Waals surface area (Å²) in [5.74, 6) is -2.40. The van der Waals surface area contributed by atoms with E-state index in [1.54, 1.807) is 6.07 Å². The molecule has 1 N–H and O–H groups in total. The van der Waals surface area contributed by atoms with Crippen molar-refractivity contribution < 1.29 is 17.6 Å². The fraction of sp³-hybridized carbons (Fsp3) is 0.286. The van der Waals surface area contributed by atoms with E-state index in [1.165, 1.54) is 6.07 Å². The highest BCUT2D eigenvalue weighted by Gasteiger charge is 2.21. The molecule has 0 aliphatic heterocycles. The minimum atomic E-state index is -1.22. The molecule has 0 saturated heterocycles. The Kier molecular flexibility index (Phi) is 3.06. The lowest BCUT2D eigenvalue weighted by atomic mass is 10.1. The van der Waals surface area contributed by atoms with Gasteiger partial charge in [0.2, 0.25) is 0 Å². The van der Waals surface area contributed by atoms with Crippen molar-refractivity contribution in [3.63, 3.8) is 0 Å². The molecule has 3 rings (SSSR count). The summed E-state index contributed by atoms with van der Waals surface area (Å²) in [6.45, 7) is 0.532. The van der Waals surface area contributed by atoms with Gasteiger partial charge in [0.15, 0.2) is 11.6 Å². The fourth-order valence-electron chi connectivity index (χ4n) is 1.89. The largest absolute Gasteiger partial charge is 0.460 e. The first-order chi connectivity index (χ1) is 9.13. The second-order valence-electron chi connectivity index (χ2n) is 4.67. The summed E-state index contributed by atoms with van der Waals surface area (Å²) in [5.41, 5.74) is -0.199. The van der Waals surface area contributed by atoms with Crippen molar-refractivity contribution in [2.24, 2.45) is 0 Å². The van der Waals surface area contributed by atoms with E-state index in [9.17, 15) is 13.2 Å². The zero-order valence-electron chi connectivity index (χ0n) is 10.1. The van der Waals surface area contributed by atoms with Crippen LogP contribution in [0.3, 0.4) is 0 Å².